The van der Waals surface area contributed by atoms with Gasteiger partial charge in [-0.05, 0) is 39.0 Å². The normalized spacial score (nSPS) is 14.5. The lowest BCUT2D eigenvalue weighted by atomic mass is 10.2. The number of hydrogen-bond donors (Lipinski definition) is 1. The maximum Gasteiger partial charge on any atom is 0.245 e. The van der Waals surface area contributed by atoms with Crippen LogP contribution in [-0.2, 0) is 4.74 Å². The zero-order chi connectivity index (χ0) is 21.1. The van der Waals surface area contributed by atoms with Crippen LogP contribution >= 0.6 is 0 Å². The number of halogens is 1. The van der Waals surface area contributed by atoms with E-state index in [4.69, 9.17) is 4.74 Å². The lowest BCUT2D eigenvalue weighted by Crippen LogP contribution is -2.37. The molecule has 0 unspecified atom stereocenters. The van der Waals surface area contributed by atoms with Gasteiger partial charge in [-0.15, -0.1) is 0 Å². The molecule has 0 amide bonds. The van der Waals surface area contributed by atoms with Crippen molar-refractivity contribution in [1.29, 1.82) is 0 Å². The number of hydrazone groups is 1. The first-order valence-corrected chi connectivity index (χ1v) is 9.93. The van der Waals surface area contributed by atoms with Crippen molar-refractivity contribution in [3.63, 3.8) is 0 Å². The van der Waals surface area contributed by atoms with Crippen LogP contribution in [0.4, 0.5) is 16.2 Å². The predicted octanol–water partition coefficient (Wildman–Crippen LogP) is 3.61. The summed E-state index contributed by atoms with van der Waals surface area (Å²) in [5.74, 6) is 0.0677. The van der Waals surface area contributed by atoms with E-state index in [1.54, 1.807) is 6.21 Å². The first-order valence-electron chi connectivity index (χ1n) is 9.93. The Labute approximate surface area is 175 Å². The molecule has 0 radical (unpaired) electrons. The van der Waals surface area contributed by atoms with Crippen LogP contribution in [0.5, 0.6) is 0 Å². The summed E-state index contributed by atoms with van der Waals surface area (Å²) in [5.41, 5.74) is 8.33. The summed E-state index contributed by atoms with van der Waals surface area (Å²) in [6.45, 7) is 8.50. The van der Waals surface area contributed by atoms with Gasteiger partial charge in [0.25, 0.3) is 0 Å². The largest absolute Gasteiger partial charge is 0.378 e. The predicted molar refractivity (Wildman–Crippen MR) is 116 cm³/mol. The van der Waals surface area contributed by atoms with Gasteiger partial charge in [0, 0.05) is 35.7 Å². The van der Waals surface area contributed by atoms with Gasteiger partial charge in [-0.3, -0.25) is 0 Å². The molecule has 30 heavy (non-hydrogen) atoms. The number of rotatable bonds is 5. The number of aromatic nitrogens is 3. The minimum absolute atomic E-state index is 0.251. The molecule has 0 saturated carbocycles. The number of anilines is 2. The van der Waals surface area contributed by atoms with E-state index in [9.17, 15) is 4.39 Å². The van der Waals surface area contributed by atoms with Gasteiger partial charge in [0.2, 0.25) is 5.95 Å². The van der Waals surface area contributed by atoms with Crippen molar-refractivity contribution in [1.82, 2.24) is 14.5 Å². The number of nitrogens with one attached hydrogen (secondary N) is 1. The third kappa shape index (κ3) is 4.18. The third-order valence-corrected chi connectivity index (χ3v) is 5.17. The Hall–Kier alpha value is -3.26. The Bertz CT molecular complexity index is 1050. The molecule has 0 bridgehead atoms. The molecule has 1 N–H and O–H groups in total. The Morgan fingerprint density at radius 3 is 2.60 bits per heavy atom. The minimum atomic E-state index is -0.451. The highest BCUT2D eigenvalue weighted by molar-refractivity contribution is 5.82. The smallest absolute Gasteiger partial charge is 0.245 e. The lowest BCUT2D eigenvalue weighted by Gasteiger charge is -2.27. The molecule has 0 atom stereocenters. The summed E-state index contributed by atoms with van der Waals surface area (Å²) in [4.78, 5) is 10.1. The van der Waals surface area contributed by atoms with E-state index in [-0.39, 0.29) is 11.8 Å². The summed E-state index contributed by atoms with van der Waals surface area (Å²) in [6, 6.07) is 10.5. The van der Waals surface area contributed by atoms with Gasteiger partial charge >= 0.3 is 0 Å². The van der Waals surface area contributed by atoms with Crippen LogP contribution in [0.1, 0.15) is 22.5 Å². The molecule has 1 aliphatic heterocycles. The topological polar surface area (TPSA) is 67.6 Å². The minimum Gasteiger partial charge on any atom is -0.378 e. The van der Waals surface area contributed by atoms with Crippen molar-refractivity contribution in [3.05, 3.63) is 64.9 Å². The number of hydrogen-bond acceptors (Lipinski definition) is 6. The van der Waals surface area contributed by atoms with Crippen LogP contribution in [0.15, 0.2) is 41.6 Å². The van der Waals surface area contributed by atoms with E-state index in [1.807, 2.05) is 4.90 Å². The molecule has 7 nitrogen and oxygen atoms in total. The molecular weight excluding hydrogens is 383 g/mol. The fourth-order valence-corrected chi connectivity index (χ4v) is 3.58. The van der Waals surface area contributed by atoms with Gasteiger partial charge in [-0.2, -0.15) is 10.1 Å². The molecule has 156 valence electrons. The number of nitrogens with zero attached hydrogens (tertiary/aromatic N) is 5. The monoisotopic (exact) mass is 408 g/mol. The Morgan fingerprint density at radius 2 is 1.87 bits per heavy atom. The van der Waals surface area contributed by atoms with E-state index >= 15 is 0 Å². The second kappa shape index (κ2) is 8.62. The van der Waals surface area contributed by atoms with Gasteiger partial charge in [-0.25, -0.2) is 14.8 Å². The fraction of sp³-hybridized carbons (Fsp3) is 0.318. The van der Waals surface area contributed by atoms with Crippen molar-refractivity contribution in [2.24, 2.45) is 5.10 Å². The maximum atomic E-state index is 14.2. The van der Waals surface area contributed by atoms with Gasteiger partial charge in [0.15, 0.2) is 11.6 Å². The van der Waals surface area contributed by atoms with Gasteiger partial charge in [-0.1, -0.05) is 17.7 Å². The van der Waals surface area contributed by atoms with Gasteiger partial charge in [0.1, 0.15) is 0 Å². The first-order chi connectivity index (χ1) is 14.5. The number of aryl methyl sites for hydroxylation is 2. The number of benzene rings is 1. The highest BCUT2D eigenvalue weighted by Gasteiger charge is 2.17. The van der Waals surface area contributed by atoms with Crippen LogP contribution in [0.3, 0.4) is 0 Å². The summed E-state index contributed by atoms with van der Waals surface area (Å²) < 4.78 is 21.7. The Kier molecular flexibility index (Phi) is 5.76. The molecule has 3 aromatic rings. The molecule has 2 aromatic heterocycles. The average molecular weight is 408 g/mol. The molecule has 3 heterocycles. The fourth-order valence-electron chi connectivity index (χ4n) is 3.58. The summed E-state index contributed by atoms with van der Waals surface area (Å²) in [5, 5.41) is 4.27. The Balaban J connectivity index is 1.51. The van der Waals surface area contributed by atoms with E-state index < -0.39 is 5.82 Å². The molecule has 1 aliphatic rings. The highest BCUT2D eigenvalue weighted by atomic mass is 19.1. The maximum absolute atomic E-state index is 14.2. The van der Waals surface area contributed by atoms with Crippen LogP contribution < -0.4 is 10.3 Å². The van der Waals surface area contributed by atoms with Crippen LogP contribution in [-0.4, -0.2) is 47.1 Å². The molecule has 4 rings (SSSR count). The molecule has 0 aliphatic carbocycles. The van der Waals surface area contributed by atoms with Crippen molar-refractivity contribution in [3.8, 4) is 5.69 Å². The second-order valence-electron chi connectivity index (χ2n) is 7.33. The third-order valence-electron chi connectivity index (χ3n) is 5.17. The summed E-state index contributed by atoms with van der Waals surface area (Å²) in [6.07, 6.45) is 2.90. The van der Waals surface area contributed by atoms with E-state index in [0.29, 0.717) is 26.3 Å². The van der Waals surface area contributed by atoms with E-state index in [1.165, 1.54) is 11.8 Å². The van der Waals surface area contributed by atoms with Crippen molar-refractivity contribution >= 4 is 18.0 Å². The summed E-state index contributed by atoms with van der Waals surface area (Å²) in [7, 11) is 0. The van der Waals surface area contributed by atoms with Crippen LogP contribution in [0, 0.1) is 26.6 Å². The van der Waals surface area contributed by atoms with Gasteiger partial charge < -0.3 is 14.2 Å². The van der Waals surface area contributed by atoms with Crippen molar-refractivity contribution in [2.75, 3.05) is 36.6 Å². The van der Waals surface area contributed by atoms with Crippen molar-refractivity contribution < 1.29 is 9.13 Å². The van der Waals surface area contributed by atoms with Crippen molar-refractivity contribution in [2.45, 2.75) is 20.8 Å². The molecule has 0 spiro atoms. The first kappa shape index (κ1) is 20.0. The standard InChI is InChI=1S/C22H25FN6O/c1-15-4-6-19(7-5-15)29-16(2)12-18(17(29)3)13-25-27-22-24-14-20(23)21(26-22)28-8-10-30-11-9-28/h4-7,12-14H,8-11H2,1-3H3,(H,24,26,27)/b25-13+. The highest BCUT2D eigenvalue weighted by Crippen LogP contribution is 2.21. The van der Waals surface area contributed by atoms with E-state index in [2.05, 4.69) is 76.2 Å². The molecule has 1 saturated heterocycles. The molecule has 1 fully saturated rings. The summed E-state index contributed by atoms with van der Waals surface area (Å²) >= 11 is 0. The lowest BCUT2D eigenvalue weighted by molar-refractivity contribution is 0.122. The zero-order valence-electron chi connectivity index (χ0n) is 17.4. The van der Waals surface area contributed by atoms with E-state index in [0.717, 1.165) is 22.6 Å². The van der Waals surface area contributed by atoms with Crippen LogP contribution in [0.25, 0.3) is 5.69 Å². The molecule has 8 heteroatoms. The average Bonchev–Trinajstić information content (AvgIpc) is 3.04. The number of morpholine rings is 1. The quantitative estimate of drug-likeness (QED) is 0.516. The Morgan fingerprint density at radius 1 is 1.13 bits per heavy atom. The molecule has 1 aromatic carbocycles. The SMILES string of the molecule is Cc1ccc(-n2c(C)cc(/C=N/Nc3ncc(F)c(N4CCOCC4)n3)c2C)cc1. The molecular formula is C22H25FN6O. The van der Waals surface area contributed by atoms with Gasteiger partial charge in [0.05, 0.1) is 25.6 Å². The zero-order valence-corrected chi connectivity index (χ0v) is 17.4. The second-order valence-corrected chi connectivity index (χ2v) is 7.33. The van der Waals surface area contributed by atoms with Crippen LogP contribution in [0.2, 0.25) is 0 Å². The number of ether oxygens (including phenoxy) is 1.